The van der Waals surface area contributed by atoms with Crippen LogP contribution in [0.1, 0.15) is 37.6 Å². The maximum absolute atomic E-state index is 12.3. The summed E-state index contributed by atoms with van der Waals surface area (Å²) < 4.78 is 11.3. The van der Waals surface area contributed by atoms with E-state index in [0.29, 0.717) is 10.9 Å². The molecule has 0 radical (unpaired) electrons. The van der Waals surface area contributed by atoms with Crippen LogP contribution in [0.5, 0.6) is 0 Å². The lowest BCUT2D eigenvalue weighted by atomic mass is 10.0. The van der Waals surface area contributed by atoms with Crippen molar-refractivity contribution in [2.45, 2.75) is 45.6 Å². The zero-order valence-corrected chi connectivity index (χ0v) is 17.6. The number of nitrogens with one attached hydrogen (secondary N) is 2. The van der Waals surface area contributed by atoms with Gasteiger partial charge in [-0.15, -0.1) is 0 Å². The van der Waals surface area contributed by atoms with Gasteiger partial charge in [0.1, 0.15) is 0 Å². The Morgan fingerprint density at radius 3 is 2.63 bits per heavy atom. The van der Waals surface area contributed by atoms with E-state index in [0.717, 1.165) is 0 Å². The van der Waals surface area contributed by atoms with Gasteiger partial charge in [-0.05, 0) is 37.5 Å². The quantitative estimate of drug-likeness (QED) is 0.609. The fourth-order valence-electron chi connectivity index (χ4n) is 2.60. The van der Waals surface area contributed by atoms with Crippen LogP contribution >= 0.6 is 27.5 Å². The van der Waals surface area contributed by atoms with E-state index in [-0.39, 0.29) is 23.0 Å². The number of benzene rings is 1. The lowest BCUT2D eigenvalue weighted by Gasteiger charge is -2.24. The first-order chi connectivity index (χ1) is 12.7. The van der Waals surface area contributed by atoms with Crippen molar-refractivity contribution in [3.63, 3.8) is 0 Å². The van der Waals surface area contributed by atoms with Crippen molar-refractivity contribution in [2.24, 2.45) is 5.92 Å². The zero-order chi connectivity index (χ0) is 20.1. The van der Waals surface area contributed by atoms with E-state index in [1.165, 1.54) is 0 Å². The topological polar surface area (TPSA) is 93.7 Å². The maximum atomic E-state index is 12.3. The monoisotopic (exact) mass is 460 g/mol. The van der Waals surface area contributed by atoms with Gasteiger partial charge in [-0.3, -0.25) is 9.59 Å². The maximum Gasteiger partial charge on any atom is 0.337 e. The van der Waals surface area contributed by atoms with Gasteiger partial charge in [0.25, 0.3) is 5.91 Å². The fourth-order valence-corrected chi connectivity index (χ4v) is 3.17. The normalized spacial score (nSPS) is 20.3. The molecule has 1 heterocycles. The van der Waals surface area contributed by atoms with Gasteiger partial charge in [-0.25, -0.2) is 4.79 Å². The first-order valence-electron chi connectivity index (χ1n) is 8.56. The molecular formula is C18H22BrClN2O5. The first kappa shape index (κ1) is 21.7. The summed E-state index contributed by atoms with van der Waals surface area (Å²) in [5.41, 5.74) is 0.263. The Bertz CT molecular complexity index is 728. The molecule has 1 saturated heterocycles. The van der Waals surface area contributed by atoms with Crippen LogP contribution in [0, 0.1) is 5.92 Å². The van der Waals surface area contributed by atoms with Gasteiger partial charge in [-0.1, -0.05) is 41.4 Å². The Labute approximate surface area is 171 Å². The summed E-state index contributed by atoms with van der Waals surface area (Å²) in [5.74, 6) is -1.10. The van der Waals surface area contributed by atoms with Crippen LogP contribution in [0.25, 0.3) is 0 Å². The summed E-state index contributed by atoms with van der Waals surface area (Å²) in [6.07, 6.45) is -0.948. The van der Waals surface area contributed by atoms with Gasteiger partial charge in [0.05, 0.1) is 23.2 Å². The van der Waals surface area contributed by atoms with Gasteiger partial charge in [-0.2, -0.15) is 0 Å². The minimum absolute atomic E-state index is 0.239. The molecule has 3 atom stereocenters. The molecule has 9 heteroatoms. The van der Waals surface area contributed by atoms with Crippen LogP contribution in [0.2, 0.25) is 5.02 Å². The smallest absolute Gasteiger partial charge is 0.337 e. The summed E-state index contributed by atoms with van der Waals surface area (Å²) in [6.45, 7) is 5.32. The highest BCUT2D eigenvalue weighted by Crippen LogP contribution is 2.21. The lowest BCUT2D eigenvalue weighted by molar-refractivity contribution is -0.147. The van der Waals surface area contributed by atoms with E-state index < -0.39 is 36.2 Å². The largest absolute Gasteiger partial charge is 0.432 e. The molecule has 1 unspecified atom stereocenters. The van der Waals surface area contributed by atoms with E-state index >= 15 is 0 Å². The third-order valence-corrected chi connectivity index (χ3v) is 4.71. The molecule has 2 amide bonds. The molecule has 0 spiro atoms. The highest BCUT2D eigenvalue weighted by atomic mass is 79.9. The summed E-state index contributed by atoms with van der Waals surface area (Å²) >= 11 is 9.29. The number of carbonyl (C=O) groups excluding carboxylic acids is 3. The second-order valence-corrected chi connectivity index (χ2v) is 8.02. The zero-order valence-electron chi connectivity index (χ0n) is 15.3. The number of hydrogen-bond acceptors (Lipinski definition) is 5. The molecule has 0 aromatic heterocycles. The number of esters is 1. The van der Waals surface area contributed by atoms with Crippen molar-refractivity contribution in [3.8, 4) is 0 Å². The molecule has 0 bridgehead atoms. The number of halogens is 2. The molecule has 2 rings (SSSR count). The molecule has 0 saturated carbocycles. The number of rotatable bonds is 7. The van der Waals surface area contributed by atoms with Crippen molar-refractivity contribution in [1.82, 2.24) is 10.6 Å². The second-order valence-electron chi connectivity index (χ2n) is 6.69. The van der Waals surface area contributed by atoms with Gasteiger partial charge in [0.2, 0.25) is 12.2 Å². The Balaban J connectivity index is 1.94. The summed E-state index contributed by atoms with van der Waals surface area (Å²) in [6, 6.07) is 4.38. The van der Waals surface area contributed by atoms with E-state index in [1.54, 1.807) is 25.1 Å². The van der Waals surface area contributed by atoms with E-state index in [2.05, 4.69) is 26.6 Å². The average molecular weight is 462 g/mol. The van der Waals surface area contributed by atoms with Crippen LogP contribution in [0.3, 0.4) is 0 Å². The third kappa shape index (κ3) is 6.19. The molecule has 1 aliphatic heterocycles. The lowest BCUT2D eigenvalue weighted by Crippen LogP contribution is -2.48. The first-order valence-corrected chi connectivity index (χ1v) is 9.73. The Kier molecular flexibility index (Phi) is 7.64. The molecule has 7 nitrogen and oxygen atoms in total. The van der Waals surface area contributed by atoms with E-state index in [4.69, 9.17) is 21.1 Å². The summed E-state index contributed by atoms with van der Waals surface area (Å²) in [7, 11) is 0. The minimum atomic E-state index is -0.839. The van der Waals surface area contributed by atoms with Crippen LogP contribution in [0.15, 0.2) is 22.7 Å². The predicted octanol–water partition coefficient (Wildman–Crippen LogP) is 2.65. The van der Waals surface area contributed by atoms with Crippen LogP contribution in [-0.4, -0.2) is 42.8 Å². The van der Waals surface area contributed by atoms with Gasteiger partial charge >= 0.3 is 5.97 Å². The van der Waals surface area contributed by atoms with Crippen molar-refractivity contribution in [3.05, 3.63) is 33.3 Å². The summed E-state index contributed by atoms with van der Waals surface area (Å²) in [4.78, 5) is 36.1. The molecule has 0 aliphatic carbocycles. The third-order valence-electron chi connectivity index (χ3n) is 3.89. The molecule has 1 aromatic carbocycles. The summed E-state index contributed by atoms with van der Waals surface area (Å²) in [5, 5.41) is 5.58. The van der Waals surface area contributed by atoms with Crippen molar-refractivity contribution >= 4 is 45.3 Å². The number of amides is 2. The van der Waals surface area contributed by atoms with Crippen LogP contribution in [-0.2, 0) is 19.1 Å². The van der Waals surface area contributed by atoms with E-state index in [9.17, 15) is 14.4 Å². The second kappa shape index (κ2) is 9.52. The molecular weight excluding hydrogens is 440 g/mol. The fraction of sp³-hybridized carbons (Fsp3) is 0.500. The van der Waals surface area contributed by atoms with E-state index in [1.807, 2.05) is 13.8 Å². The standard InChI is InChI=1S/C18H22BrClN2O5/c1-9(2)6-14(18-26-10(3)17(25)27-18)22-15(23)8-21-16(24)12-7-11(19)4-5-13(12)20/h4-5,7,9-10,14,18H,6,8H2,1-3H3,(H,21,24)(H,22,23)/t10-,14+,18?/m0/s1. The van der Waals surface area contributed by atoms with Crippen molar-refractivity contribution < 1.29 is 23.9 Å². The highest BCUT2D eigenvalue weighted by Gasteiger charge is 2.38. The van der Waals surface area contributed by atoms with Gasteiger partial charge < -0.3 is 20.1 Å². The predicted molar refractivity (Wildman–Crippen MR) is 103 cm³/mol. The molecule has 1 fully saturated rings. The van der Waals surface area contributed by atoms with Crippen molar-refractivity contribution in [1.29, 1.82) is 0 Å². The Morgan fingerprint density at radius 1 is 1.33 bits per heavy atom. The molecule has 27 heavy (non-hydrogen) atoms. The molecule has 1 aromatic rings. The number of cyclic esters (lactones) is 1. The molecule has 148 valence electrons. The van der Waals surface area contributed by atoms with Crippen LogP contribution < -0.4 is 10.6 Å². The van der Waals surface area contributed by atoms with Gasteiger partial charge in [0.15, 0.2) is 6.10 Å². The van der Waals surface area contributed by atoms with Crippen LogP contribution in [0.4, 0.5) is 0 Å². The van der Waals surface area contributed by atoms with Crippen molar-refractivity contribution in [2.75, 3.05) is 6.54 Å². The number of ether oxygens (including phenoxy) is 2. The average Bonchev–Trinajstić information content (AvgIpc) is 2.93. The minimum Gasteiger partial charge on any atom is -0.432 e. The highest BCUT2D eigenvalue weighted by molar-refractivity contribution is 9.10. The Morgan fingerprint density at radius 2 is 2.04 bits per heavy atom. The number of carbonyl (C=O) groups is 3. The number of hydrogen-bond donors (Lipinski definition) is 2. The van der Waals surface area contributed by atoms with Gasteiger partial charge in [0, 0.05) is 4.47 Å². The SMILES string of the molecule is CC(C)C[C@@H](NC(=O)CNC(=O)c1cc(Br)ccc1Cl)C1OC(=O)[C@H](C)O1. The Hall–Kier alpha value is -1.64. The molecule has 1 aliphatic rings. The molecule has 2 N–H and O–H groups in total.